The highest BCUT2D eigenvalue weighted by Gasteiger charge is 2.13. The smallest absolute Gasteiger partial charge is 0.258 e. The quantitative estimate of drug-likeness (QED) is 0.574. The Morgan fingerprint density at radius 3 is 2.48 bits per heavy atom. The zero-order valence-electron chi connectivity index (χ0n) is 12.2. The first-order valence-corrected chi connectivity index (χ1v) is 7.97. The maximum absolute atomic E-state index is 12.4. The molecule has 3 rings (SSSR count). The van der Waals surface area contributed by atoms with E-state index in [1.807, 2.05) is 48.5 Å². The van der Waals surface area contributed by atoms with Gasteiger partial charge in [0, 0.05) is 17.4 Å². The molecule has 0 aliphatic heterocycles. The number of hydrogen-bond acceptors (Lipinski definition) is 2. The molecule has 5 heteroatoms. The number of halogens is 1. The number of carbonyl (C=O) groups excluding carboxylic acids is 1. The SMILES string of the molecule is O=C(Nc1ccccc1-c1ccc(P)cc1)c1cccnc1Cl. The average Bonchev–Trinajstić information content (AvgIpc) is 2.56. The molecule has 1 heterocycles. The van der Waals surface area contributed by atoms with Crippen molar-refractivity contribution < 1.29 is 4.79 Å². The van der Waals surface area contributed by atoms with Crippen LogP contribution in [0.5, 0.6) is 0 Å². The number of aromatic nitrogens is 1. The maximum Gasteiger partial charge on any atom is 0.258 e. The first-order chi connectivity index (χ1) is 11.1. The molecule has 114 valence electrons. The zero-order valence-corrected chi connectivity index (χ0v) is 14.1. The van der Waals surface area contributed by atoms with E-state index in [4.69, 9.17) is 11.6 Å². The molecule has 3 nitrogen and oxygen atoms in total. The van der Waals surface area contributed by atoms with Crippen molar-refractivity contribution >= 4 is 37.7 Å². The summed E-state index contributed by atoms with van der Waals surface area (Å²) >= 11 is 5.99. The molecule has 1 atom stereocenters. The lowest BCUT2D eigenvalue weighted by atomic mass is 10.0. The predicted molar refractivity (Wildman–Crippen MR) is 98.4 cm³/mol. The Labute approximate surface area is 141 Å². The Morgan fingerprint density at radius 1 is 1.00 bits per heavy atom. The van der Waals surface area contributed by atoms with Crippen LogP contribution in [-0.4, -0.2) is 10.9 Å². The van der Waals surface area contributed by atoms with Gasteiger partial charge in [-0.15, -0.1) is 9.24 Å². The van der Waals surface area contributed by atoms with Crippen LogP contribution in [0.2, 0.25) is 5.15 Å². The molecule has 0 bridgehead atoms. The van der Waals surface area contributed by atoms with Crippen LogP contribution in [0, 0.1) is 0 Å². The van der Waals surface area contributed by atoms with Gasteiger partial charge in [-0.3, -0.25) is 4.79 Å². The van der Waals surface area contributed by atoms with Crippen molar-refractivity contribution in [3.8, 4) is 11.1 Å². The van der Waals surface area contributed by atoms with Crippen LogP contribution in [-0.2, 0) is 0 Å². The number of nitrogens with one attached hydrogen (secondary N) is 1. The fourth-order valence-corrected chi connectivity index (χ4v) is 2.65. The lowest BCUT2D eigenvalue weighted by Gasteiger charge is -2.12. The second-order valence-corrected chi connectivity index (χ2v) is 5.99. The van der Waals surface area contributed by atoms with Crippen molar-refractivity contribution in [1.29, 1.82) is 0 Å². The number of hydrogen-bond donors (Lipinski definition) is 1. The summed E-state index contributed by atoms with van der Waals surface area (Å²) in [4.78, 5) is 16.4. The van der Waals surface area contributed by atoms with E-state index >= 15 is 0 Å². The molecule has 0 spiro atoms. The fraction of sp³-hybridized carbons (Fsp3) is 0. The fourth-order valence-electron chi connectivity index (χ4n) is 2.25. The number of rotatable bonds is 3. The van der Waals surface area contributed by atoms with Gasteiger partial charge in [0.1, 0.15) is 5.15 Å². The first-order valence-electron chi connectivity index (χ1n) is 7.02. The van der Waals surface area contributed by atoms with Gasteiger partial charge in [-0.2, -0.15) is 0 Å². The number of pyridine rings is 1. The summed E-state index contributed by atoms with van der Waals surface area (Å²) in [6.45, 7) is 0. The lowest BCUT2D eigenvalue weighted by molar-refractivity contribution is 0.102. The second-order valence-electron chi connectivity index (χ2n) is 4.96. The number of anilines is 1. The molecule has 23 heavy (non-hydrogen) atoms. The molecule has 0 aliphatic carbocycles. The van der Waals surface area contributed by atoms with E-state index < -0.39 is 0 Å². The minimum absolute atomic E-state index is 0.190. The van der Waals surface area contributed by atoms with E-state index in [-0.39, 0.29) is 11.1 Å². The Bertz CT molecular complexity index is 850. The minimum atomic E-state index is -0.279. The molecule has 0 saturated carbocycles. The standard InChI is InChI=1S/C18H14ClN2OP/c19-17-15(5-3-11-20-17)18(22)21-16-6-2-1-4-14(16)12-7-9-13(23)10-8-12/h1-11H,23H2,(H,21,22). The van der Waals surface area contributed by atoms with E-state index in [2.05, 4.69) is 19.5 Å². The summed E-state index contributed by atoms with van der Waals surface area (Å²) in [5.41, 5.74) is 3.06. The molecule has 1 amide bonds. The largest absolute Gasteiger partial charge is 0.321 e. The Morgan fingerprint density at radius 2 is 1.74 bits per heavy atom. The summed E-state index contributed by atoms with van der Waals surface area (Å²) in [6.07, 6.45) is 1.55. The van der Waals surface area contributed by atoms with Crippen molar-refractivity contribution in [3.05, 3.63) is 77.6 Å². The van der Waals surface area contributed by atoms with Gasteiger partial charge in [-0.25, -0.2) is 4.98 Å². The van der Waals surface area contributed by atoms with Crippen LogP contribution in [0.25, 0.3) is 11.1 Å². The summed E-state index contributed by atoms with van der Waals surface area (Å²) in [5, 5.41) is 4.21. The topological polar surface area (TPSA) is 42.0 Å². The van der Waals surface area contributed by atoms with Gasteiger partial charge in [-0.1, -0.05) is 54.1 Å². The van der Waals surface area contributed by atoms with Gasteiger partial charge in [0.2, 0.25) is 0 Å². The van der Waals surface area contributed by atoms with Crippen molar-refractivity contribution in [3.63, 3.8) is 0 Å². The van der Waals surface area contributed by atoms with Gasteiger partial charge >= 0.3 is 0 Å². The maximum atomic E-state index is 12.4. The molecule has 0 fully saturated rings. The second kappa shape index (κ2) is 6.91. The van der Waals surface area contributed by atoms with E-state index in [1.165, 1.54) is 0 Å². The molecule has 0 aliphatic rings. The van der Waals surface area contributed by atoms with Crippen LogP contribution in [0.4, 0.5) is 5.69 Å². The summed E-state index contributed by atoms with van der Waals surface area (Å²) in [7, 11) is 2.66. The number of nitrogens with zero attached hydrogens (tertiary/aromatic N) is 1. The molecule has 0 saturated heterocycles. The summed E-state index contributed by atoms with van der Waals surface area (Å²) < 4.78 is 0. The number of benzene rings is 2. The van der Waals surface area contributed by atoms with Crippen LogP contribution in [0.3, 0.4) is 0 Å². The van der Waals surface area contributed by atoms with Gasteiger partial charge in [0.15, 0.2) is 0 Å². The minimum Gasteiger partial charge on any atom is -0.321 e. The first kappa shape index (κ1) is 15.7. The normalized spacial score (nSPS) is 10.3. The zero-order chi connectivity index (χ0) is 16.2. The van der Waals surface area contributed by atoms with E-state index in [0.717, 1.165) is 22.1 Å². The Kier molecular flexibility index (Phi) is 4.71. The highest BCUT2D eigenvalue weighted by molar-refractivity contribution is 7.27. The number of amides is 1. The van der Waals surface area contributed by atoms with Crippen LogP contribution in [0.1, 0.15) is 10.4 Å². The molecule has 0 radical (unpaired) electrons. The lowest BCUT2D eigenvalue weighted by Crippen LogP contribution is -2.13. The van der Waals surface area contributed by atoms with E-state index in [0.29, 0.717) is 5.56 Å². The van der Waals surface area contributed by atoms with E-state index in [1.54, 1.807) is 18.3 Å². The van der Waals surface area contributed by atoms with E-state index in [9.17, 15) is 4.79 Å². The van der Waals surface area contributed by atoms with Gasteiger partial charge in [-0.05, 0) is 29.1 Å². The molecular formula is C18H14ClN2OP. The van der Waals surface area contributed by atoms with Gasteiger partial charge < -0.3 is 5.32 Å². The average molecular weight is 341 g/mol. The van der Waals surface area contributed by atoms with Crippen molar-refractivity contribution in [2.45, 2.75) is 0 Å². The molecule has 1 aromatic heterocycles. The molecular weight excluding hydrogens is 327 g/mol. The van der Waals surface area contributed by atoms with Crippen LogP contribution in [0.15, 0.2) is 66.9 Å². The molecule has 1 unspecified atom stereocenters. The predicted octanol–water partition coefficient (Wildman–Crippen LogP) is 4.15. The number of para-hydroxylation sites is 1. The monoisotopic (exact) mass is 340 g/mol. The third kappa shape index (κ3) is 3.58. The van der Waals surface area contributed by atoms with Gasteiger partial charge in [0.25, 0.3) is 5.91 Å². The third-order valence-electron chi connectivity index (χ3n) is 3.40. The molecule has 3 aromatic rings. The Hall–Kier alpha value is -2.22. The highest BCUT2D eigenvalue weighted by Crippen LogP contribution is 2.28. The van der Waals surface area contributed by atoms with Crippen molar-refractivity contribution in [2.75, 3.05) is 5.32 Å². The molecule has 2 aromatic carbocycles. The highest BCUT2D eigenvalue weighted by atomic mass is 35.5. The Balaban J connectivity index is 1.94. The van der Waals surface area contributed by atoms with Gasteiger partial charge in [0.05, 0.1) is 5.56 Å². The van der Waals surface area contributed by atoms with Crippen molar-refractivity contribution in [2.24, 2.45) is 0 Å². The van der Waals surface area contributed by atoms with Crippen LogP contribution >= 0.6 is 20.8 Å². The third-order valence-corrected chi connectivity index (χ3v) is 4.09. The number of carbonyl (C=O) groups is 1. The van der Waals surface area contributed by atoms with Crippen molar-refractivity contribution in [1.82, 2.24) is 4.98 Å². The summed E-state index contributed by atoms with van der Waals surface area (Å²) in [5.74, 6) is -0.279. The molecule has 1 N–H and O–H groups in total. The van der Waals surface area contributed by atoms with Crippen LogP contribution < -0.4 is 10.6 Å². The summed E-state index contributed by atoms with van der Waals surface area (Å²) in [6, 6.07) is 19.1.